The molecule has 1 aliphatic heterocycles. The van der Waals surface area contributed by atoms with Crippen molar-refractivity contribution in [1.29, 1.82) is 0 Å². The molecule has 0 radical (unpaired) electrons. The van der Waals surface area contributed by atoms with Gasteiger partial charge >= 0.3 is 5.97 Å². The van der Waals surface area contributed by atoms with Crippen LogP contribution in [0.25, 0.3) is 0 Å². The highest BCUT2D eigenvalue weighted by atomic mass is 19.3. The summed E-state index contributed by atoms with van der Waals surface area (Å²) in [6.45, 7) is 1.46. The van der Waals surface area contributed by atoms with E-state index in [4.69, 9.17) is 4.84 Å². The first-order valence-corrected chi connectivity index (χ1v) is 7.93. The fourth-order valence-electron chi connectivity index (χ4n) is 3.07. The third kappa shape index (κ3) is 2.23. The first kappa shape index (κ1) is 16.4. The largest absolute Gasteiger partial charge is 0.363 e. The molecule has 7 heteroatoms. The zero-order valence-electron chi connectivity index (χ0n) is 13.7. The van der Waals surface area contributed by atoms with Crippen LogP contribution in [0.4, 0.5) is 8.78 Å². The molecule has 0 spiro atoms. The summed E-state index contributed by atoms with van der Waals surface area (Å²) in [6, 6.07) is 11.7. The molecule has 1 unspecified atom stereocenters. The number of nitrogens with zero attached hydrogens (tertiary/aromatic N) is 1. The molecule has 1 aliphatic carbocycles. The Morgan fingerprint density at radius 1 is 1.00 bits per heavy atom. The van der Waals surface area contributed by atoms with Crippen LogP contribution in [0, 0.1) is 0 Å². The van der Waals surface area contributed by atoms with E-state index < -0.39 is 29.1 Å². The van der Waals surface area contributed by atoms with Crippen LogP contribution in [0.3, 0.4) is 0 Å². The quantitative estimate of drug-likeness (QED) is 0.791. The molecule has 4 rings (SSSR count). The Morgan fingerprint density at radius 3 is 1.96 bits per heavy atom. The fourth-order valence-corrected chi connectivity index (χ4v) is 3.07. The van der Waals surface area contributed by atoms with Crippen LogP contribution in [-0.4, -0.2) is 28.8 Å². The Bertz CT molecular complexity index is 919. The van der Waals surface area contributed by atoms with E-state index in [0.29, 0.717) is 10.6 Å². The molecule has 26 heavy (non-hydrogen) atoms. The van der Waals surface area contributed by atoms with Crippen molar-refractivity contribution in [2.45, 2.75) is 24.7 Å². The van der Waals surface area contributed by atoms with Gasteiger partial charge in [-0.2, -0.15) is 0 Å². The number of carbonyl (C=O) groups excluding carboxylic acids is 3. The van der Waals surface area contributed by atoms with Gasteiger partial charge in [0, 0.05) is 6.42 Å². The molecule has 0 N–H and O–H groups in total. The van der Waals surface area contributed by atoms with Gasteiger partial charge in [-0.25, -0.2) is 13.6 Å². The molecule has 0 saturated heterocycles. The number of hydroxylamine groups is 2. The molecule has 0 aromatic heterocycles. The van der Waals surface area contributed by atoms with E-state index in [0.717, 1.165) is 0 Å². The van der Waals surface area contributed by atoms with E-state index >= 15 is 0 Å². The second kappa shape index (κ2) is 5.20. The summed E-state index contributed by atoms with van der Waals surface area (Å²) in [5, 5.41) is 0.414. The lowest BCUT2D eigenvalue weighted by Crippen LogP contribution is -2.32. The van der Waals surface area contributed by atoms with Gasteiger partial charge in [0.2, 0.25) is 0 Å². The molecule has 2 amide bonds. The highest BCUT2D eigenvalue weighted by Crippen LogP contribution is 2.61. The average Bonchev–Trinajstić information content (AvgIpc) is 3.07. The van der Waals surface area contributed by atoms with Crippen molar-refractivity contribution >= 4 is 17.8 Å². The zero-order chi connectivity index (χ0) is 18.7. The number of benzene rings is 2. The predicted molar refractivity (Wildman–Crippen MR) is 85.7 cm³/mol. The fraction of sp³-hybridized carbons (Fsp3) is 0.211. The number of carbonyl (C=O) groups is 3. The molecule has 132 valence electrons. The van der Waals surface area contributed by atoms with Crippen LogP contribution in [0.15, 0.2) is 48.5 Å². The van der Waals surface area contributed by atoms with Crippen LogP contribution in [0.5, 0.6) is 0 Å². The second-order valence-electron chi connectivity index (χ2n) is 6.62. The number of alkyl halides is 2. The number of hydrogen-bond acceptors (Lipinski definition) is 4. The standard InChI is InChI=1S/C19H13F2NO4/c1-18(10-19(18,20)21)12-8-6-11(7-9-12)17(25)26-22-15(23)13-4-2-3-5-14(13)16(22)24/h2-9H,10H2,1H3. The summed E-state index contributed by atoms with van der Waals surface area (Å²) < 4.78 is 26.9. The second-order valence-corrected chi connectivity index (χ2v) is 6.62. The van der Waals surface area contributed by atoms with E-state index in [2.05, 4.69) is 0 Å². The highest BCUT2D eigenvalue weighted by molar-refractivity contribution is 6.21. The van der Waals surface area contributed by atoms with Gasteiger partial charge in [-0.3, -0.25) is 9.59 Å². The minimum Gasteiger partial charge on any atom is -0.324 e. The van der Waals surface area contributed by atoms with Gasteiger partial charge in [0.05, 0.1) is 22.1 Å². The van der Waals surface area contributed by atoms with Crippen molar-refractivity contribution in [3.63, 3.8) is 0 Å². The number of halogens is 2. The Labute approximate surface area is 147 Å². The van der Waals surface area contributed by atoms with Crippen LogP contribution in [0.1, 0.15) is 50.0 Å². The number of hydrogen-bond donors (Lipinski definition) is 0. The summed E-state index contributed by atoms with van der Waals surface area (Å²) in [7, 11) is 0. The average molecular weight is 357 g/mol. The maximum absolute atomic E-state index is 13.4. The number of amides is 2. The molecule has 2 aromatic carbocycles. The minimum absolute atomic E-state index is 0.0536. The zero-order valence-corrected chi connectivity index (χ0v) is 13.7. The molecule has 2 aliphatic rings. The van der Waals surface area contributed by atoms with Gasteiger partial charge in [-0.15, -0.1) is 0 Å². The summed E-state index contributed by atoms with van der Waals surface area (Å²) in [5.41, 5.74) is -0.440. The van der Waals surface area contributed by atoms with Crippen LogP contribution in [0.2, 0.25) is 0 Å². The lowest BCUT2D eigenvalue weighted by molar-refractivity contribution is -0.0584. The van der Waals surface area contributed by atoms with Crippen molar-refractivity contribution in [2.75, 3.05) is 0 Å². The van der Waals surface area contributed by atoms with Crippen LogP contribution < -0.4 is 0 Å². The lowest BCUT2D eigenvalue weighted by Gasteiger charge is -2.14. The van der Waals surface area contributed by atoms with Crippen molar-refractivity contribution in [2.24, 2.45) is 0 Å². The number of fused-ring (bicyclic) bond motifs is 1. The van der Waals surface area contributed by atoms with Gasteiger partial charge < -0.3 is 4.84 Å². The third-order valence-corrected chi connectivity index (χ3v) is 4.95. The third-order valence-electron chi connectivity index (χ3n) is 4.95. The normalized spacial score (nSPS) is 23.0. The predicted octanol–water partition coefficient (Wildman–Crippen LogP) is 3.35. The molecule has 1 heterocycles. The minimum atomic E-state index is -2.75. The highest BCUT2D eigenvalue weighted by Gasteiger charge is 2.68. The van der Waals surface area contributed by atoms with Crippen LogP contribution >= 0.6 is 0 Å². The SMILES string of the molecule is CC1(c2ccc(C(=O)ON3C(=O)c4ccccc4C3=O)cc2)CC1(F)F. The molecular formula is C19H13F2NO4. The van der Waals surface area contributed by atoms with Gasteiger partial charge in [0.15, 0.2) is 0 Å². The number of rotatable bonds is 3. The van der Waals surface area contributed by atoms with Crippen LogP contribution in [-0.2, 0) is 10.3 Å². The summed E-state index contributed by atoms with van der Waals surface area (Å²) in [4.78, 5) is 41.5. The topological polar surface area (TPSA) is 63.7 Å². The van der Waals surface area contributed by atoms with Gasteiger partial charge in [0.1, 0.15) is 0 Å². The summed E-state index contributed by atoms with van der Waals surface area (Å²) >= 11 is 0. The van der Waals surface area contributed by atoms with E-state index in [-0.39, 0.29) is 23.1 Å². The molecule has 5 nitrogen and oxygen atoms in total. The Kier molecular flexibility index (Phi) is 3.28. The number of imide groups is 1. The summed E-state index contributed by atoms with van der Waals surface area (Å²) in [6.07, 6.45) is -0.237. The first-order chi connectivity index (χ1) is 12.2. The lowest BCUT2D eigenvalue weighted by atomic mass is 9.96. The summed E-state index contributed by atoms with van der Waals surface area (Å²) in [5.74, 6) is -5.12. The maximum Gasteiger partial charge on any atom is 0.363 e. The van der Waals surface area contributed by atoms with E-state index in [1.165, 1.54) is 43.3 Å². The van der Waals surface area contributed by atoms with Crippen molar-refractivity contribution in [1.82, 2.24) is 5.06 Å². The maximum atomic E-state index is 13.4. The van der Waals surface area contributed by atoms with Crippen molar-refractivity contribution < 1.29 is 28.0 Å². The molecule has 2 aromatic rings. The Morgan fingerprint density at radius 2 is 1.50 bits per heavy atom. The van der Waals surface area contributed by atoms with Crippen molar-refractivity contribution in [3.05, 3.63) is 70.8 Å². The Hall–Kier alpha value is -3.09. The molecule has 1 fully saturated rings. The molecule has 0 bridgehead atoms. The van der Waals surface area contributed by atoms with Crippen molar-refractivity contribution in [3.8, 4) is 0 Å². The van der Waals surface area contributed by atoms with Gasteiger partial charge in [-0.1, -0.05) is 29.3 Å². The monoisotopic (exact) mass is 357 g/mol. The van der Waals surface area contributed by atoms with E-state index in [9.17, 15) is 23.2 Å². The van der Waals surface area contributed by atoms with Gasteiger partial charge in [0.25, 0.3) is 17.7 Å². The molecule has 1 saturated carbocycles. The van der Waals surface area contributed by atoms with Gasteiger partial charge in [-0.05, 0) is 36.8 Å². The Balaban J connectivity index is 1.51. The van der Waals surface area contributed by atoms with E-state index in [1.54, 1.807) is 12.1 Å². The smallest absolute Gasteiger partial charge is 0.324 e. The van der Waals surface area contributed by atoms with E-state index in [1.807, 2.05) is 0 Å². The molecule has 1 atom stereocenters. The molecular weight excluding hydrogens is 344 g/mol. The first-order valence-electron chi connectivity index (χ1n) is 7.93.